The standard InChI is InChI=1S/C11H21N3O/c1-8(5-6-15)12-9(2)11-7-14(4)13-10(11)3/h7-9,12,15H,5-6H2,1-4H3. The maximum Gasteiger partial charge on any atom is 0.0641 e. The smallest absolute Gasteiger partial charge is 0.0641 e. The number of hydrogen-bond acceptors (Lipinski definition) is 3. The summed E-state index contributed by atoms with van der Waals surface area (Å²) >= 11 is 0. The summed E-state index contributed by atoms with van der Waals surface area (Å²) in [7, 11) is 1.93. The topological polar surface area (TPSA) is 50.1 Å². The lowest BCUT2D eigenvalue weighted by Gasteiger charge is -2.18. The molecule has 0 aromatic carbocycles. The Morgan fingerprint density at radius 3 is 2.67 bits per heavy atom. The molecule has 2 N–H and O–H groups in total. The molecule has 0 radical (unpaired) electrons. The Kier molecular flexibility index (Phi) is 4.29. The molecule has 1 aromatic rings. The van der Waals surface area contributed by atoms with Gasteiger partial charge in [-0.25, -0.2) is 0 Å². The number of aliphatic hydroxyl groups is 1. The third kappa shape index (κ3) is 3.32. The van der Waals surface area contributed by atoms with Gasteiger partial charge in [0.15, 0.2) is 0 Å². The molecule has 0 spiro atoms. The van der Waals surface area contributed by atoms with E-state index < -0.39 is 0 Å². The van der Waals surface area contributed by atoms with Gasteiger partial charge in [0.25, 0.3) is 0 Å². The van der Waals surface area contributed by atoms with Crippen LogP contribution in [0.4, 0.5) is 0 Å². The van der Waals surface area contributed by atoms with Crippen LogP contribution in [0.5, 0.6) is 0 Å². The lowest BCUT2D eigenvalue weighted by atomic mass is 10.1. The molecule has 0 amide bonds. The van der Waals surface area contributed by atoms with Crippen LogP contribution in [0, 0.1) is 6.92 Å². The molecule has 4 heteroatoms. The van der Waals surface area contributed by atoms with Gasteiger partial charge in [-0.05, 0) is 27.2 Å². The molecule has 0 aliphatic heterocycles. The normalized spacial score (nSPS) is 15.3. The molecule has 1 heterocycles. The van der Waals surface area contributed by atoms with Gasteiger partial charge in [-0.1, -0.05) is 0 Å². The summed E-state index contributed by atoms with van der Waals surface area (Å²) in [5, 5.41) is 16.6. The molecule has 1 rings (SSSR count). The first kappa shape index (κ1) is 12.2. The van der Waals surface area contributed by atoms with E-state index in [1.807, 2.05) is 24.9 Å². The van der Waals surface area contributed by atoms with Crippen LogP contribution < -0.4 is 5.32 Å². The van der Waals surface area contributed by atoms with Crippen molar-refractivity contribution < 1.29 is 5.11 Å². The minimum atomic E-state index is 0.229. The van der Waals surface area contributed by atoms with E-state index in [9.17, 15) is 0 Å². The zero-order valence-corrected chi connectivity index (χ0v) is 9.99. The Balaban J connectivity index is 2.60. The molecule has 86 valence electrons. The Morgan fingerprint density at radius 1 is 1.53 bits per heavy atom. The van der Waals surface area contributed by atoms with Crippen LogP contribution in [-0.2, 0) is 7.05 Å². The average molecular weight is 211 g/mol. The molecular formula is C11H21N3O. The van der Waals surface area contributed by atoms with E-state index in [-0.39, 0.29) is 12.6 Å². The van der Waals surface area contributed by atoms with Gasteiger partial charge in [0.2, 0.25) is 0 Å². The van der Waals surface area contributed by atoms with Crippen molar-refractivity contribution in [2.45, 2.75) is 39.3 Å². The second-order valence-corrected chi connectivity index (χ2v) is 4.15. The predicted octanol–water partition coefficient (Wildman–Crippen LogP) is 1.15. The van der Waals surface area contributed by atoms with Gasteiger partial charge >= 0.3 is 0 Å². The van der Waals surface area contributed by atoms with E-state index >= 15 is 0 Å². The summed E-state index contributed by atoms with van der Waals surface area (Å²) < 4.78 is 1.83. The van der Waals surface area contributed by atoms with Gasteiger partial charge in [-0.15, -0.1) is 0 Å². The fourth-order valence-electron chi connectivity index (χ4n) is 1.84. The third-order valence-electron chi connectivity index (χ3n) is 2.61. The van der Waals surface area contributed by atoms with Crippen LogP contribution in [0.25, 0.3) is 0 Å². The van der Waals surface area contributed by atoms with Crippen molar-refractivity contribution in [3.05, 3.63) is 17.5 Å². The first-order valence-electron chi connectivity index (χ1n) is 5.41. The minimum absolute atomic E-state index is 0.229. The maximum atomic E-state index is 8.82. The van der Waals surface area contributed by atoms with Crippen molar-refractivity contribution in [3.8, 4) is 0 Å². The number of aromatic nitrogens is 2. The van der Waals surface area contributed by atoms with E-state index in [0.29, 0.717) is 6.04 Å². The van der Waals surface area contributed by atoms with Gasteiger partial charge in [-0.2, -0.15) is 5.10 Å². The fraction of sp³-hybridized carbons (Fsp3) is 0.727. The van der Waals surface area contributed by atoms with Gasteiger partial charge in [0.05, 0.1) is 5.69 Å². The summed E-state index contributed by atoms with van der Waals surface area (Å²) in [4.78, 5) is 0. The van der Waals surface area contributed by atoms with E-state index in [4.69, 9.17) is 5.11 Å². The van der Waals surface area contributed by atoms with Crippen LogP contribution in [0.15, 0.2) is 6.20 Å². The Labute approximate surface area is 91.3 Å². The Bertz CT molecular complexity index is 309. The Morgan fingerprint density at radius 2 is 2.20 bits per heavy atom. The number of hydrogen-bond donors (Lipinski definition) is 2. The number of rotatable bonds is 5. The van der Waals surface area contributed by atoms with Crippen molar-refractivity contribution >= 4 is 0 Å². The van der Waals surface area contributed by atoms with Gasteiger partial charge in [0.1, 0.15) is 0 Å². The van der Waals surface area contributed by atoms with Crippen molar-refractivity contribution in [3.63, 3.8) is 0 Å². The second-order valence-electron chi connectivity index (χ2n) is 4.15. The van der Waals surface area contributed by atoms with Crippen molar-refractivity contribution in [2.24, 2.45) is 7.05 Å². The van der Waals surface area contributed by atoms with Crippen LogP contribution in [-0.4, -0.2) is 27.5 Å². The largest absolute Gasteiger partial charge is 0.396 e. The van der Waals surface area contributed by atoms with Gasteiger partial charge < -0.3 is 10.4 Å². The fourth-order valence-corrected chi connectivity index (χ4v) is 1.84. The highest BCUT2D eigenvalue weighted by Gasteiger charge is 2.13. The van der Waals surface area contributed by atoms with Crippen LogP contribution in [0.3, 0.4) is 0 Å². The lowest BCUT2D eigenvalue weighted by molar-refractivity contribution is 0.264. The van der Waals surface area contributed by atoms with Crippen LogP contribution in [0.2, 0.25) is 0 Å². The number of nitrogens with one attached hydrogen (secondary N) is 1. The summed E-state index contributed by atoms with van der Waals surface area (Å²) in [5.74, 6) is 0. The molecule has 0 aliphatic carbocycles. The summed E-state index contributed by atoms with van der Waals surface area (Å²) in [6.45, 7) is 6.45. The van der Waals surface area contributed by atoms with E-state index in [1.54, 1.807) is 0 Å². The number of aliphatic hydroxyl groups excluding tert-OH is 1. The monoisotopic (exact) mass is 211 g/mol. The number of aryl methyl sites for hydroxylation is 2. The Hall–Kier alpha value is -0.870. The molecule has 2 unspecified atom stereocenters. The van der Waals surface area contributed by atoms with Crippen LogP contribution >= 0.6 is 0 Å². The predicted molar refractivity (Wildman–Crippen MR) is 60.7 cm³/mol. The van der Waals surface area contributed by atoms with Gasteiger partial charge in [0, 0.05) is 37.5 Å². The lowest BCUT2D eigenvalue weighted by Crippen LogP contribution is -2.29. The third-order valence-corrected chi connectivity index (χ3v) is 2.61. The zero-order valence-electron chi connectivity index (χ0n) is 9.99. The molecule has 0 saturated heterocycles. The molecule has 4 nitrogen and oxygen atoms in total. The molecule has 0 aliphatic rings. The van der Waals surface area contributed by atoms with E-state index in [1.165, 1.54) is 5.56 Å². The summed E-state index contributed by atoms with van der Waals surface area (Å²) in [6, 6.07) is 0.602. The molecule has 0 saturated carbocycles. The highest BCUT2D eigenvalue weighted by molar-refractivity contribution is 5.19. The first-order valence-corrected chi connectivity index (χ1v) is 5.41. The zero-order chi connectivity index (χ0) is 11.4. The molecule has 2 atom stereocenters. The quantitative estimate of drug-likeness (QED) is 0.768. The number of nitrogens with zero attached hydrogens (tertiary/aromatic N) is 2. The summed E-state index contributed by atoms with van der Waals surface area (Å²) in [6.07, 6.45) is 2.82. The minimum Gasteiger partial charge on any atom is -0.396 e. The molecule has 15 heavy (non-hydrogen) atoms. The highest BCUT2D eigenvalue weighted by atomic mass is 16.3. The molecule has 0 bridgehead atoms. The van der Waals surface area contributed by atoms with E-state index in [0.717, 1.165) is 12.1 Å². The molecular weight excluding hydrogens is 190 g/mol. The average Bonchev–Trinajstić information content (AvgIpc) is 2.45. The second kappa shape index (κ2) is 5.28. The van der Waals surface area contributed by atoms with Crippen molar-refractivity contribution in [1.82, 2.24) is 15.1 Å². The van der Waals surface area contributed by atoms with E-state index in [2.05, 4.69) is 24.3 Å². The summed E-state index contributed by atoms with van der Waals surface area (Å²) in [5.41, 5.74) is 2.29. The maximum absolute atomic E-state index is 8.82. The SMILES string of the molecule is Cc1nn(C)cc1C(C)NC(C)CCO. The highest BCUT2D eigenvalue weighted by Crippen LogP contribution is 2.16. The van der Waals surface area contributed by atoms with Crippen molar-refractivity contribution in [1.29, 1.82) is 0 Å². The van der Waals surface area contributed by atoms with Crippen molar-refractivity contribution in [2.75, 3.05) is 6.61 Å². The molecule has 1 aromatic heterocycles. The van der Waals surface area contributed by atoms with Crippen LogP contribution in [0.1, 0.15) is 37.6 Å². The first-order chi connectivity index (χ1) is 7.04. The van der Waals surface area contributed by atoms with Gasteiger partial charge in [-0.3, -0.25) is 4.68 Å². The molecule has 0 fully saturated rings.